The molecule has 2 N–H and O–H groups in total. The lowest BCUT2D eigenvalue weighted by Gasteiger charge is -2.50. The van der Waals surface area contributed by atoms with Gasteiger partial charge in [-0.25, -0.2) is 9.59 Å². The number of alkyl halides is 6. The number of anilines is 1. The summed E-state index contributed by atoms with van der Waals surface area (Å²) in [5.41, 5.74) is 1.03. The zero-order valence-electron chi connectivity index (χ0n) is 21.2. The van der Waals surface area contributed by atoms with E-state index in [2.05, 4.69) is 40.2 Å². The molecule has 0 amide bonds. The van der Waals surface area contributed by atoms with E-state index < -0.39 is 24.3 Å². The van der Waals surface area contributed by atoms with E-state index in [4.69, 9.17) is 29.3 Å². The fourth-order valence-electron chi connectivity index (χ4n) is 3.78. The van der Waals surface area contributed by atoms with Gasteiger partial charge in [0.1, 0.15) is 0 Å². The summed E-state index contributed by atoms with van der Waals surface area (Å²) in [6.45, 7) is 7.26. The van der Waals surface area contributed by atoms with Gasteiger partial charge >= 0.3 is 24.3 Å². The number of halogens is 6. The van der Waals surface area contributed by atoms with Crippen LogP contribution in [0.15, 0.2) is 12.1 Å². The highest BCUT2D eigenvalue weighted by Gasteiger charge is 2.46. The molecule has 2 fully saturated rings. The van der Waals surface area contributed by atoms with Crippen molar-refractivity contribution in [2.24, 2.45) is 5.41 Å². The highest BCUT2D eigenvalue weighted by Crippen LogP contribution is 2.41. The van der Waals surface area contributed by atoms with Gasteiger partial charge in [-0.2, -0.15) is 31.4 Å². The van der Waals surface area contributed by atoms with E-state index in [1.54, 1.807) is 0 Å². The minimum absolute atomic E-state index is 0.0787. The summed E-state index contributed by atoms with van der Waals surface area (Å²) in [7, 11) is 4.15. The zero-order valence-corrected chi connectivity index (χ0v) is 21.2. The van der Waals surface area contributed by atoms with E-state index in [9.17, 15) is 26.3 Å². The number of aromatic nitrogens is 2. The number of ether oxygens (including phenoxy) is 2. The molecule has 2 saturated heterocycles. The van der Waals surface area contributed by atoms with E-state index in [1.165, 1.54) is 0 Å². The fourth-order valence-corrected chi connectivity index (χ4v) is 3.78. The normalized spacial score (nSPS) is 21.4. The number of carboxylic acids is 2. The molecule has 218 valence electrons. The first-order valence-corrected chi connectivity index (χ1v) is 11.5. The highest BCUT2D eigenvalue weighted by molar-refractivity contribution is 5.73. The largest absolute Gasteiger partial charge is 0.490 e. The summed E-state index contributed by atoms with van der Waals surface area (Å²) >= 11 is 0. The highest BCUT2D eigenvalue weighted by atomic mass is 19.4. The number of aliphatic carboxylic acids is 2. The molecule has 0 radical (unpaired) electrons. The molecular formula is C22H32F6N4O6. The average Bonchev–Trinajstić information content (AvgIpc) is 2.81. The van der Waals surface area contributed by atoms with Crippen LogP contribution in [0.25, 0.3) is 0 Å². The molecule has 0 aromatic carbocycles. The van der Waals surface area contributed by atoms with Gasteiger partial charge in [-0.05, 0) is 52.4 Å². The van der Waals surface area contributed by atoms with Gasteiger partial charge in [-0.15, -0.1) is 5.10 Å². The van der Waals surface area contributed by atoms with E-state index in [0.717, 1.165) is 70.2 Å². The maximum Gasteiger partial charge on any atom is 0.490 e. The molecule has 2 unspecified atom stereocenters. The average molecular weight is 563 g/mol. The first kappa shape index (κ1) is 33.3. The second-order valence-electron chi connectivity index (χ2n) is 9.03. The Balaban J connectivity index is 0.000000426. The fraction of sp³-hybridized carbons (Fsp3) is 0.727. The molecule has 0 aliphatic carbocycles. The molecule has 16 heteroatoms. The smallest absolute Gasteiger partial charge is 0.475 e. The van der Waals surface area contributed by atoms with Crippen molar-refractivity contribution < 1.29 is 55.6 Å². The van der Waals surface area contributed by atoms with Crippen LogP contribution in [0.2, 0.25) is 0 Å². The van der Waals surface area contributed by atoms with Crippen molar-refractivity contribution in [3.63, 3.8) is 0 Å². The predicted octanol–water partition coefficient (Wildman–Crippen LogP) is 3.01. The Hall–Kier alpha value is -2.72. The molecule has 2 aliphatic rings. The second kappa shape index (κ2) is 14.4. The lowest BCUT2D eigenvalue weighted by molar-refractivity contribution is -0.193. The van der Waals surface area contributed by atoms with Crippen LogP contribution >= 0.6 is 0 Å². The second-order valence-corrected chi connectivity index (χ2v) is 9.03. The van der Waals surface area contributed by atoms with Gasteiger partial charge in [0.2, 0.25) is 0 Å². The van der Waals surface area contributed by atoms with E-state index in [1.807, 2.05) is 13.0 Å². The summed E-state index contributed by atoms with van der Waals surface area (Å²) in [5, 5.41) is 22.8. The topological polar surface area (TPSA) is 125 Å². The first-order chi connectivity index (χ1) is 17.5. The number of carbonyl (C=O) groups is 2. The number of hydrogen-bond donors (Lipinski definition) is 2. The maximum atomic E-state index is 10.6. The molecule has 0 saturated carbocycles. The molecule has 0 bridgehead atoms. The number of piperidine rings is 1. The summed E-state index contributed by atoms with van der Waals surface area (Å²) in [5.74, 6) is -4.54. The van der Waals surface area contributed by atoms with Crippen molar-refractivity contribution >= 4 is 17.8 Å². The molecule has 1 aromatic heterocycles. The Labute approximate surface area is 215 Å². The summed E-state index contributed by atoms with van der Waals surface area (Å²) in [6, 6.07) is 4.11. The Kier molecular flexibility index (Phi) is 12.7. The molecule has 3 heterocycles. The maximum absolute atomic E-state index is 10.6. The van der Waals surface area contributed by atoms with Crippen LogP contribution in [-0.2, 0) is 19.1 Å². The van der Waals surface area contributed by atoms with E-state index >= 15 is 0 Å². The Morgan fingerprint density at radius 3 is 2.18 bits per heavy atom. The van der Waals surface area contributed by atoms with Crippen LogP contribution < -0.4 is 4.90 Å². The minimum atomic E-state index is -5.08. The lowest BCUT2D eigenvalue weighted by atomic mass is 9.73. The van der Waals surface area contributed by atoms with Crippen LogP contribution in [0.3, 0.4) is 0 Å². The first-order valence-electron chi connectivity index (χ1n) is 11.5. The van der Waals surface area contributed by atoms with Crippen LogP contribution in [-0.4, -0.2) is 109 Å². The number of aryl methyl sites for hydroxylation is 1. The summed E-state index contributed by atoms with van der Waals surface area (Å²) in [6.07, 6.45) is -6.55. The molecule has 0 spiro atoms. The van der Waals surface area contributed by atoms with Gasteiger partial charge in [0.05, 0.1) is 25.0 Å². The van der Waals surface area contributed by atoms with Crippen LogP contribution in [0.5, 0.6) is 0 Å². The van der Waals surface area contributed by atoms with Crippen molar-refractivity contribution in [2.75, 3.05) is 58.5 Å². The number of nitrogens with zero attached hydrogens (tertiary/aromatic N) is 4. The van der Waals surface area contributed by atoms with Gasteiger partial charge in [-0.3, -0.25) is 0 Å². The lowest BCUT2D eigenvalue weighted by Crippen LogP contribution is -2.57. The third-order valence-electron chi connectivity index (χ3n) is 5.65. The van der Waals surface area contributed by atoms with Crippen LogP contribution in [0, 0.1) is 12.3 Å². The van der Waals surface area contributed by atoms with Gasteiger partial charge in [0.15, 0.2) is 5.82 Å². The quantitative estimate of drug-likeness (QED) is 0.395. The zero-order chi connectivity index (χ0) is 29.1. The van der Waals surface area contributed by atoms with Crippen LogP contribution in [0.1, 0.15) is 25.0 Å². The molecule has 3 rings (SSSR count). The molecule has 2 aliphatic heterocycles. The number of likely N-dealkylation sites (N-methyl/N-ethyl adjacent to an activating group) is 1. The molecule has 10 nitrogen and oxygen atoms in total. The summed E-state index contributed by atoms with van der Waals surface area (Å²) in [4.78, 5) is 22.3. The number of carboxylic acid groups (broad SMARTS) is 2. The van der Waals surface area contributed by atoms with Crippen molar-refractivity contribution in [1.82, 2.24) is 15.1 Å². The monoisotopic (exact) mass is 562 g/mol. The number of hydrogen-bond acceptors (Lipinski definition) is 8. The number of fused-ring (bicyclic) bond motifs is 1. The van der Waals surface area contributed by atoms with Crippen molar-refractivity contribution in [1.29, 1.82) is 0 Å². The predicted molar refractivity (Wildman–Crippen MR) is 122 cm³/mol. The molecule has 2 atom stereocenters. The Bertz CT molecular complexity index is 861. The van der Waals surface area contributed by atoms with Gasteiger partial charge < -0.3 is 29.5 Å². The van der Waals surface area contributed by atoms with Crippen LogP contribution in [0.4, 0.5) is 32.2 Å². The summed E-state index contributed by atoms with van der Waals surface area (Å²) < 4.78 is 75.6. The third kappa shape index (κ3) is 11.3. The van der Waals surface area contributed by atoms with E-state index in [-0.39, 0.29) is 5.41 Å². The SMILES string of the molecule is Cc1ccc(N2CCC3OCCCC3(COCCN(C)C)C2)nn1.O=C(O)C(F)(F)F.O=C(O)C(F)(F)F. The third-order valence-corrected chi connectivity index (χ3v) is 5.65. The van der Waals surface area contributed by atoms with E-state index in [0.29, 0.717) is 6.10 Å². The van der Waals surface area contributed by atoms with Gasteiger partial charge in [0.25, 0.3) is 0 Å². The Morgan fingerprint density at radius 2 is 1.71 bits per heavy atom. The molecule has 1 aromatic rings. The molecule has 38 heavy (non-hydrogen) atoms. The van der Waals surface area contributed by atoms with Gasteiger partial charge in [-0.1, -0.05) is 0 Å². The number of rotatable bonds is 6. The standard InChI is InChI=1S/C18H30N4O2.2C2HF3O2/c1-15-5-6-17(20-19-15)22-9-7-16-18(13-22,8-4-11-24-16)14-23-12-10-21(2)3;2*3-2(4,5)1(6)7/h5-6,16H,4,7-14H2,1-3H3;2*(H,6,7). The Morgan fingerprint density at radius 1 is 1.13 bits per heavy atom. The molecular weight excluding hydrogens is 530 g/mol. The van der Waals surface area contributed by atoms with Crippen molar-refractivity contribution in [2.45, 2.75) is 44.6 Å². The van der Waals surface area contributed by atoms with Crippen molar-refractivity contribution in [3.8, 4) is 0 Å². The minimum Gasteiger partial charge on any atom is -0.475 e. The van der Waals surface area contributed by atoms with Crippen molar-refractivity contribution in [3.05, 3.63) is 17.8 Å². The van der Waals surface area contributed by atoms with Gasteiger partial charge in [0, 0.05) is 31.7 Å².